The average molecular weight is 594 g/mol. The van der Waals surface area contributed by atoms with Crippen LogP contribution in [0.3, 0.4) is 0 Å². The number of hydrogen-bond acceptors (Lipinski definition) is 8. The summed E-state index contributed by atoms with van der Waals surface area (Å²) in [6.07, 6.45) is 5.99. The number of hydrogen-bond donors (Lipinski definition) is 8. The van der Waals surface area contributed by atoms with Crippen LogP contribution in [0.1, 0.15) is 30.5 Å². The first-order chi connectivity index (χ1) is 20.4. The summed E-state index contributed by atoms with van der Waals surface area (Å²) in [4.78, 5) is 39.0. The monoisotopic (exact) mass is 593 g/mol. The molecule has 12 heteroatoms. The second kappa shape index (κ2) is 17.2. The van der Waals surface area contributed by atoms with Gasteiger partial charge in [-0.3, -0.25) is 19.4 Å². The lowest BCUT2D eigenvalue weighted by molar-refractivity contribution is -0.140. The van der Waals surface area contributed by atoms with Gasteiger partial charge < -0.3 is 42.2 Å². The first-order valence-corrected chi connectivity index (χ1v) is 13.5. The van der Waals surface area contributed by atoms with E-state index < -0.39 is 36.0 Å². The molecule has 0 bridgehead atoms. The lowest BCUT2D eigenvalue weighted by atomic mass is 10.0. The van der Waals surface area contributed by atoms with Crippen molar-refractivity contribution in [2.75, 3.05) is 0 Å². The van der Waals surface area contributed by atoms with Gasteiger partial charge in [0.05, 0.1) is 0 Å². The molecule has 0 saturated carbocycles. The molecule has 2 heterocycles. The Labute approximate surface area is 249 Å². The van der Waals surface area contributed by atoms with Gasteiger partial charge in [0.25, 0.3) is 0 Å². The molecule has 0 amide bonds. The molecule has 0 spiro atoms. The van der Waals surface area contributed by atoms with Crippen LogP contribution >= 0.6 is 0 Å². The molecule has 0 saturated heterocycles. The van der Waals surface area contributed by atoms with Gasteiger partial charge in [-0.2, -0.15) is 0 Å². The Morgan fingerprint density at radius 2 is 1.47 bits per heavy atom. The Morgan fingerprint density at radius 3 is 2.00 bits per heavy atom. The summed E-state index contributed by atoms with van der Waals surface area (Å²) in [7, 11) is 0. The minimum atomic E-state index is -1.02. The molecule has 3 atom stereocenters. The third kappa shape index (κ3) is 11.9. The second-order valence-electron chi connectivity index (χ2n) is 10.1. The molecule has 0 aliphatic rings. The highest BCUT2D eigenvalue weighted by molar-refractivity contribution is 5.84. The number of carboxylic acids is 3. The van der Waals surface area contributed by atoms with E-state index in [-0.39, 0.29) is 18.1 Å². The molecule has 0 radical (unpaired) electrons. The number of rotatable bonds is 11. The quantitative estimate of drug-likeness (QED) is 0.126. The number of aromatic amines is 1. The molecule has 4 aromatic rings. The number of para-hydroxylation sites is 1. The van der Waals surface area contributed by atoms with Crippen LogP contribution in [-0.2, 0) is 33.8 Å². The third-order valence-corrected chi connectivity index (χ3v) is 6.41. The van der Waals surface area contributed by atoms with E-state index in [9.17, 15) is 19.5 Å². The van der Waals surface area contributed by atoms with Crippen molar-refractivity contribution >= 4 is 28.8 Å². The number of fused-ring (bicyclic) bond motifs is 1. The van der Waals surface area contributed by atoms with Crippen LogP contribution < -0.4 is 16.8 Å². The van der Waals surface area contributed by atoms with Crippen LogP contribution in [0.5, 0.6) is 5.75 Å². The number of aromatic hydroxyl groups is 1. The fraction of sp³-hybridized carbons (Fsp3) is 0.290. The highest BCUT2D eigenvalue weighted by Gasteiger charge is 2.19. The average Bonchev–Trinajstić information content (AvgIpc) is 3.39. The number of pyridine rings is 1. The zero-order chi connectivity index (χ0) is 31.9. The van der Waals surface area contributed by atoms with Crippen molar-refractivity contribution in [1.29, 1.82) is 0 Å². The number of phenols is 1. The third-order valence-electron chi connectivity index (χ3n) is 6.41. The van der Waals surface area contributed by atoms with Crippen LogP contribution in [0.2, 0.25) is 0 Å². The van der Waals surface area contributed by atoms with Crippen molar-refractivity contribution in [2.45, 2.75) is 51.4 Å². The number of aromatic nitrogens is 2. The molecule has 2 aromatic carbocycles. The number of nitrogens with one attached hydrogen (secondary N) is 2. The van der Waals surface area contributed by atoms with Gasteiger partial charge in [0, 0.05) is 42.5 Å². The number of benzene rings is 2. The molecule has 12 nitrogen and oxygen atoms in total. The van der Waals surface area contributed by atoms with Gasteiger partial charge in [0.1, 0.15) is 23.9 Å². The highest BCUT2D eigenvalue weighted by Crippen LogP contribution is 2.19. The predicted molar refractivity (Wildman–Crippen MR) is 162 cm³/mol. The van der Waals surface area contributed by atoms with Crippen molar-refractivity contribution in [3.05, 3.63) is 95.9 Å². The largest absolute Gasteiger partial charge is 0.508 e. The molecule has 0 aliphatic carbocycles. The lowest BCUT2D eigenvalue weighted by Crippen LogP contribution is -2.38. The maximum atomic E-state index is 11.5. The zero-order valence-electron chi connectivity index (χ0n) is 24.1. The smallest absolute Gasteiger partial charge is 0.321 e. The van der Waals surface area contributed by atoms with E-state index in [1.54, 1.807) is 38.4 Å². The first-order valence-electron chi connectivity index (χ1n) is 13.5. The summed E-state index contributed by atoms with van der Waals surface area (Å²) in [5, 5.41) is 39.3. The van der Waals surface area contributed by atoms with Crippen LogP contribution in [0, 0.1) is 5.92 Å². The maximum absolute atomic E-state index is 11.5. The molecular formula is C31H39N5O7. The number of aliphatic carboxylic acids is 3. The van der Waals surface area contributed by atoms with Gasteiger partial charge in [-0.25, -0.2) is 0 Å². The van der Waals surface area contributed by atoms with Gasteiger partial charge >= 0.3 is 17.9 Å². The van der Waals surface area contributed by atoms with E-state index in [1.165, 1.54) is 12.1 Å². The van der Waals surface area contributed by atoms with E-state index in [1.807, 2.05) is 42.6 Å². The van der Waals surface area contributed by atoms with Crippen molar-refractivity contribution < 1.29 is 34.8 Å². The van der Waals surface area contributed by atoms with Crippen LogP contribution in [0.15, 0.2) is 79.3 Å². The summed E-state index contributed by atoms with van der Waals surface area (Å²) in [6.45, 7) is 4.05. The van der Waals surface area contributed by atoms with Gasteiger partial charge in [-0.1, -0.05) is 44.2 Å². The summed E-state index contributed by atoms with van der Waals surface area (Å²) in [5.41, 5.74) is 14.3. The van der Waals surface area contributed by atoms with E-state index >= 15 is 0 Å². The van der Waals surface area contributed by atoms with E-state index in [4.69, 9.17) is 26.8 Å². The SMILES string of the molecule is CC(C)[C@H](N)C(=O)O.N[C@@H](Cc1ccc(O)cc1)C(=O)O.O=C(O)[C@H](Cc1c[nH]c2ccccc12)NCc1ccncc1. The Balaban J connectivity index is 0.000000261. The van der Waals surface area contributed by atoms with Gasteiger partial charge in [-0.05, 0) is 59.4 Å². The lowest BCUT2D eigenvalue weighted by Gasteiger charge is -2.14. The molecular weight excluding hydrogens is 554 g/mol. The van der Waals surface area contributed by atoms with Crippen LogP contribution in [-0.4, -0.2) is 66.4 Å². The van der Waals surface area contributed by atoms with Gasteiger partial charge in [0.15, 0.2) is 0 Å². The van der Waals surface area contributed by atoms with E-state index in [2.05, 4.69) is 15.3 Å². The molecule has 4 rings (SSSR count). The summed E-state index contributed by atoms with van der Waals surface area (Å²) in [5.74, 6) is -2.62. The highest BCUT2D eigenvalue weighted by atomic mass is 16.4. The second-order valence-corrected chi connectivity index (χ2v) is 10.1. The normalized spacial score (nSPS) is 12.7. The minimum absolute atomic E-state index is 0.0208. The predicted octanol–water partition coefficient (Wildman–Crippen LogP) is 2.75. The summed E-state index contributed by atoms with van der Waals surface area (Å²) >= 11 is 0. The van der Waals surface area contributed by atoms with Crippen molar-refractivity contribution in [2.24, 2.45) is 17.4 Å². The molecule has 10 N–H and O–H groups in total. The number of carbonyl (C=O) groups is 3. The Morgan fingerprint density at radius 1 is 0.837 bits per heavy atom. The number of nitrogens with zero attached hydrogens (tertiary/aromatic N) is 1. The van der Waals surface area contributed by atoms with Gasteiger partial charge in [0.2, 0.25) is 0 Å². The molecule has 43 heavy (non-hydrogen) atoms. The Kier molecular flexibility index (Phi) is 13.8. The van der Waals surface area contributed by atoms with Crippen LogP contribution in [0.4, 0.5) is 0 Å². The molecule has 0 unspecified atom stereocenters. The molecule has 0 fully saturated rings. The zero-order valence-corrected chi connectivity index (χ0v) is 24.1. The fourth-order valence-electron chi connectivity index (χ4n) is 3.77. The first kappa shape index (κ1) is 34.4. The Bertz CT molecular complexity index is 1440. The Hall–Kier alpha value is -4.78. The maximum Gasteiger partial charge on any atom is 0.321 e. The summed E-state index contributed by atoms with van der Waals surface area (Å²) in [6, 6.07) is 15.7. The molecule has 0 aliphatic heterocycles. The summed E-state index contributed by atoms with van der Waals surface area (Å²) < 4.78 is 0. The fourth-order valence-corrected chi connectivity index (χ4v) is 3.77. The van der Waals surface area contributed by atoms with Crippen molar-refractivity contribution in [3.63, 3.8) is 0 Å². The number of nitrogens with two attached hydrogens (primary N) is 2. The molecule has 2 aromatic heterocycles. The number of phenolic OH excluding ortho intramolecular Hbond substituents is 1. The number of H-pyrrole nitrogens is 1. The topological polar surface area (TPSA) is 225 Å². The van der Waals surface area contributed by atoms with Gasteiger partial charge in [-0.15, -0.1) is 0 Å². The van der Waals surface area contributed by atoms with Crippen LogP contribution in [0.25, 0.3) is 10.9 Å². The minimum Gasteiger partial charge on any atom is -0.508 e. The molecule has 230 valence electrons. The standard InChI is InChI=1S/C17H17N3O2.C9H11NO3.C5H11NO2/c21-17(22)16(19-10-12-5-7-18-8-6-12)9-13-11-20-15-4-2-1-3-14(13)15;10-8(9(12)13)5-6-1-3-7(11)4-2-6;1-3(2)4(6)5(7)8/h1-8,11,16,19-20H,9-10H2,(H,21,22);1-4,8,11H,5,10H2,(H,12,13);3-4H,6H2,1-2H3,(H,7,8)/t16-;8-;4-/m000/s1. The van der Waals surface area contributed by atoms with Crippen molar-refractivity contribution in [1.82, 2.24) is 15.3 Å². The van der Waals surface area contributed by atoms with Crippen molar-refractivity contribution in [3.8, 4) is 5.75 Å². The van der Waals surface area contributed by atoms with E-state index in [0.29, 0.717) is 13.0 Å². The van der Waals surface area contributed by atoms with E-state index in [0.717, 1.165) is 27.6 Å². The number of carboxylic acid groups (broad SMARTS) is 3.